The largest absolute Gasteiger partial charge is 0.444 e. The van der Waals surface area contributed by atoms with E-state index < -0.39 is 11.7 Å². The predicted octanol–water partition coefficient (Wildman–Crippen LogP) is 2.45. The highest BCUT2D eigenvalue weighted by atomic mass is 16.6. The maximum Gasteiger partial charge on any atom is 0.407 e. The number of hydrogen-bond acceptors (Lipinski definition) is 3. The van der Waals surface area contributed by atoms with Crippen molar-refractivity contribution in [3.8, 4) is 0 Å². The minimum atomic E-state index is -0.474. The Kier molecular flexibility index (Phi) is 7.13. The molecule has 0 unspecified atom stereocenters. The number of unbranched alkanes of at least 4 members (excludes halogenated alkanes) is 1. The molecule has 0 rings (SSSR count). The Hall–Kier alpha value is -0.770. The number of hydrogen-bond donors (Lipinski definition) is 2. The molecule has 96 valence electrons. The molecule has 4 nitrogen and oxygen atoms in total. The van der Waals surface area contributed by atoms with Crippen LogP contribution < -0.4 is 5.32 Å². The van der Waals surface area contributed by atoms with E-state index in [4.69, 9.17) is 9.84 Å². The third kappa shape index (κ3) is 8.53. The lowest BCUT2D eigenvalue weighted by atomic mass is 10.1. The van der Waals surface area contributed by atoms with Crippen LogP contribution in [0.1, 0.15) is 53.4 Å². The molecule has 0 aromatic rings. The lowest BCUT2D eigenvalue weighted by Gasteiger charge is -2.23. The Bertz CT molecular complexity index is 199. The van der Waals surface area contributed by atoms with Crippen molar-refractivity contribution in [3.63, 3.8) is 0 Å². The number of nitrogens with one attached hydrogen (secondary N) is 1. The van der Waals surface area contributed by atoms with Gasteiger partial charge in [-0.15, -0.1) is 0 Å². The van der Waals surface area contributed by atoms with Crippen LogP contribution in [0.25, 0.3) is 0 Å². The third-order valence-corrected chi connectivity index (χ3v) is 2.10. The van der Waals surface area contributed by atoms with Gasteiger partial charge in [0, 0.05) is 12.6 Å². The molecule has 0 saturated carbocycles. The third-order valence-electron chi connectivity index (χ3n) is 2.10. The number of ether oxygens (including phenoxy) is 1. The molecule has 2 N–H and O–H groups in total. The second kappa shape index (κ2) is 7.49. The summed E-state index contributed by atoms with van der Waals surface area (Å²) in [5.41, 5.74) is -0.474. The highest BCUT2D eigenvalue weighted by Crippen LogP contribution is 2.09. The van der Waals surface area contributed by atoms with Gasteiger partial charge in [0.2, 0.25) is 0 Å². The molecular weight excluding hydrogens is 206 g/mol. The monoisotopic (exact) mass is 231 g/mol. The second-order valence-corrected chi connectivity index (χ2v) is 5.00. The van der Waals surface area contributed by atoms with Crippen molar-refractivity contribution in [2.75, 3.05) is 6.61 Å². The fraction of sp³-hybridized carbons (Fsp3) is 0.917. The Balaban J connectivity index is 4.02. The van der Waals surface area contributed by atoms with Crippen molar-refractivity contribution in [2.45, 2.75) is 65.0 Å². The topological polar surface area (TPSA) is 58.6 Å². The zero-order chi connectivity index (χ0) is 12.6. The number of aliphatic hydroxyl groups is 1. The zero-order valence-electron chi connectivity index (χ0n) is 10.9. The van der Waals surface area contributed by atoms with Gasteiger partial charge >= 0.3 is 6.09 Å². The number of carbonyl (C=O) groups is 1. The summed E-state index contributed by atoms with van der Waals surface area (Å²) in [4.78, 5) is 11.5. The van der Waals surface area contributed by atoms with Gasteiger partial charge in [-0.25, -0.2) is 4.79 Å². The molecule has 0 aliphatic heterocycles. The van der Waals surface area contributed by atoms with Crippen molar-refractivity contribution < 1.29 is 14.6 Å². The van der Waals surface area contributed by atoms with E-state index in [1.54, 1.807) is 0 Å². The van der Waals surface area contributed by atoms with Gasteiger partial charge in [-0.05, 0) is 33.6 Å². The average Bonchev–Trinajstić information content (AvgIpc) is 2.11. The van der Waals surface area contributed by atoms with Crippen molar-refractivity contribution in [3.05, 3.63) is 0 Å². The van der Waals surface area contributed by atoms with Crippen LogP contribution in [0.5, 0.6) is 0 Å². The first kappa shape index (κ1) is 15.2. The van der Waals surface area contributed by atoms with E-state index in [9.17, 15) is 4.79 Å². The van der Waals surface area contributed by atoms with Crippen molar-refractivity contribution in [2.24, 2.45) is 0 Å². The van der Waals surface area contributed by atoms with Gasteiger partial charge < -0.3 is 15.2 Å². The SMILES string of the molecule is CCCC[C@H](CCO)NC(=O)OC(C)(C)C. The molecule has 16 heavy (non-hydrogen) atoms. The predicted molar refractivity (Wildman–Crippen MR) is 64.4 cm³/mol. The lowest BCUT2D eigenvalue weighted by Crippen LogP contribution is -2.39. The Labute approximate surface area is 98.4 Å². The normalized spacial score (nSPS) is 13.3. The molecule has 0 aliphatic rings. The number of aliphatic hydroxyl groups excluding tert-OH is 1. The molecule has 4 heteroatoms. The van der Waals surface area contributed by atoms with Gasteiger partial charge in [0.1, 0.15) is 5.60 Å². The number of alkyl carbamates (subject to hydrolysis) is 1. The summed E-state index contributed by atoms with van der Waals surface area (Å²) in [6.07, 6.45) is 3.19. The quantitative estimate of drug-likeness (QED) is 0.738. The molecule has 0 aliphatic carbocycles. The van der Waals surface area contributed by atoms with E-state index in [-0.39, 0.29) is 12.6 Å². The zero-order valence-corrected chi connectivity index (χ0v) is 10.9. The molecule has 0 radical (unpaired) electrons. The van der Waals surface area contributed by atoms with E-state index >= 15 is 0 Å². The average molecular weight is 231 g/mol. The molecule has 0 saturated heterocycles. The van der Waals surface area contributed by atoms with E-state index in [0.717, 1.165) is 19.3 Å². The van der Waals surface area contributed by atoms with Crippen LogP contribution in [0.15, 0.2) is 0 Å². The first-order valence-corrected chi connectivity index (χ1v) is 5.99. The van der Waals surface area contributed by atoms with Crippen molar-refractivity contribution in [1.29, 1.82) is 0 Å². The molecule has 0 heterocycles. The molecule has 0 bridgehead atoms. The van der Waals surface area contributed by atoms with Gasteiger partial charge in [0.25, 0.3) is 0 Å². The number of rotatable bonds is 6. The van der Waals surface area contributed by atoms with E-state index in [1.807, 2.05) is 20.8 Å². The smallest absolute Gasteiger partial charge is 0.407 e. The minimum Gasteiger partial charge on any atom is -0.444 e. The fourth-order valence-corrected chi connectivity index (χ4v) is 1.37. The lowest BCUT2D eigenvalue weighted by molar-refractivity contribution is 0.0494. The van der Waals surface area contributed by atoms with Crippen LogP contribution in [0.4, 0.5) is 4.79 Å². The standard InChI is InChI=1S/C12H25NO3/c1-5-6-7-10(8-9-14)13-11(15)16-12(2,3)4/h10,14H,5-9H2,1-4H3,(H,13,15)/t10-/m1/s1. The van der Waals surface area contributed by atoms with Crippen LogP contribution in [0.2, 0.25) is 0 Å². The van der Waals surface area contributed by atoms with Gasteiger partial charge in [-0.3, -0.25) is 0 Å². The summed E-state index contributed by atoms with van der Waals surface area (Å²) >= 11 is 0. The van der Waals surface area contributed by atoms with Crippen LogP contribution >= 0.6 is 0 Å². The summed E-state index contributed by atoms with van der Waals surface area (Å²) in [6, 6.07) is 0.0137. The van der Waals surface area contributed by atoms with Crippen molar-refractivity contribution in [1.82, 2.24) is 5.32 Å². The molecule has 1 amide bonds. The van der Waals surface area contributed by atoms with Crippen LogP contribution in [0, 0.1) is 0 Å². The molecule has 0 aromatic carbocycles. The van der Waals surface area contributed by atoms with Gasteiger partial charge in [0.15, 0.2) is 0 Å². The van der Waals surface area contributed by atoms with Gasteiger partial charge in [-0.1, -0.05) is 19.8 Å². The first-order chi connectivity index (χ1) is 7.39. The molecule has 0 fully saturated rings. The van der Waals surface area contributed by atoms with Gasteiger partial charge in [-0.2, -0.15) is 0 Å². The summed E-state index contributed by atoms with van der Waals surface area (Å²) in [7, 11) is 0. The van der Waals surface area contributed by atoms with Crippen LogP contribution in [-0.4, -0.2) is 29.4 Å². The summed E-state index contributed by atoms with van der Waals surface area (Å²) in [5, 5.41) is 11.7. The summed E-state index contributed by atoms with van der Waals surface area (Å²) in [5.74, 6) is 0. The first-order valence-electron chi connectivity index (χ1n) is 5.99. The second-order valence-electron chi connectivity index (χ2n) is 5.00. The van der Waals surface area contributed by atoms with Crippen LogP contribution in [0.3, 0.4) is 0 Å². The minimum absolute atomic E-state index is 0.0137. The van der Waals surface area contributed by atoms with Crippen LogP contribution in [-0.2, 0) is 4.74 Å². The highest BCUT2D eigenvalue weighted by molar-refractivity contribution is 5.68. The van der Waals surface area contributed by atoms with E-state index in [0.29, 0.717) is 6.42 Å². The van der Waals surface area contributed by atoms with E-state index in [1.165, 1.54) is 0 Å². The fourth-order valence-electron chi connectivity index (χ4n) is 1.37. The van der Waals surface area contributed by atoms with Gasteiger partial charge in [0.05, 0.1) is 0 Å². The number of amides is 1. The number of carbonyl (C=O) groups excluding carboxylic acids is 1. The maximum absolute atomic E-state index is 11.5. The Morgan fingerprint density at radius 3 is 2.44 bits per heavy atom. The summed E-state index contributed by atoms with van der Waals surface area (Å²) < 4.78 is 5.16. The Morgan fingerprint density at radius 2 is 2.00 bits per heavy atom. The molecule has 0 aromatic heterocycles. The molecule has 0 spiro atoms. The van der Waals surface area contributed by atoms with Crippen molar-refractivity contribution >= 4 is 6.09 Å². The summed E-state index contributed by atoms with van der Waals surface area (Å²) in [6.45, 7) is 7.69. The maximum atomic E-state index is 11.5. The molecular formula is C12H25NO3. The highest BCUT2D eigenvalue weighted by Gasteiger charge is 2.18. The molecule has 1 atom stereocenters. The van der Waals surface area contributed by atoms with E-state index in [2.05, 4.69) is 12.2 Å². The Morgan fingerprint density at radius 1 is 1.38 bits per heavy atom.